The minimum atomic E-state index is -3.22. The second kappa shape index (κ2) is 3.59. The van der Waals surface area contributed by atoms with Crippen molar-refractivity contribution in [1.29, 1.82) is 0 Å². The van der Waals surface area contributed by atoms with Gasteiger partial charge in [0.05, 0.1) is 10.8 Å². The molecule has 2 rings (SSSR count). The summed E-state index contributed by atoms with van der Waals surface area (Å²) in [5, 5.41) is 8.80. The number of benzene rings is 1. The first-order valence-electron chi connectivity index (χ1n) is 4.92. The summed E-state index contributed by atoms with van der Waals surface area (Å²) < 4.78 is 22.7. The lowest BCUT2D eigenvalue weighted by atomic mass is 10.1. The highest BCUT2D eigenvalue weighted by Crippen LogP contribution is 2.47. The highest BCUT2D eigenvalue weighted by Gasteiger charge is 2.44. The van der Waals surface area contributed by atoms with Crippen molar-refractivity contribution in [3.63, 3.8) is 0 Å². The molecule has 5 heteroatoms. The molecular formula is C11H12O4S. The molecule has 1 aliphatic carbocycles. The van der Waals surface area contributed by atoms with E-state index in [1.807, 2.05) is 0 Å². The summed E-state index contributed by atoms with van der Waals surface area (Å²) in [6.07, 6.45) is 1.75. The maximum atomic E-state index is 11.3. The van der Waals surface area contributed by atoms with E-state index in [4.69, 9.17) is 5.11 Å². The number of sulfone groups is 1. The van der Waals surface area contributed by atoms with Crippen molar-refractivity contribution in [3.8, 4) is 0 Å². The molecule has 1 saturated carbocycles. The Labute approximate surface area is 93.8 Å². The maximum Gasteiger partial charge on any atom is 0.307 e. The van der Waals surface area contributed by atoms with Crippen LogP contribution in [0.4, 0.5) is 0 Å². The van der Waals surface area contributed by atoms with E-state index in [-0.39, 0.29) is 16.7 Å². The van der Waals surface area contributed by atoms with Gasteiger partial charge >= 0.3 is 5.97 Å². The van der Waals surface area contributed by atoms with E-state index >= 15 is 0 Å². The topological polar surface area (TPSA) is 71.4 Å². The van der Waals surface area contributed by atoms with Gasteiger partial charge in [-0.15, -0.1) is 0 Å². The second-order valence-electron chi connectivity index (χ2n) is 4.13. The lowest BCUT2D eigenvalue weighted by Crippen LogP contribution is -2.00. The molecule has 16 heavy (non-hydrogen) atoms. The zero-order chi connectivity index (χ0) is 11.9. The predicted octanol–water partition coefficient (Wildman–Crippen LogP) is 1.28. The van der Waals surface area contributed by atoms with Gasteiger partial charge in [-0.2, -0.15) is 0 Å². The first kappa shape index (κ1) is 11.1. The Hall–Kier alpha value is -1.36. The van der Waals surface area contributed by atoms with Crippen LogP contribution in [0.3, 0.4) is 0 Å². The summed E-state index contributed by atoms with van der Waals surface area (Å²) >= 11 is 0. The predicted molar refractivity (Wildman–Crippen MR) is 58.0 cm³/mol. The molecule has 0 radical (unpaired) electrons. The molecule has 0 aliphatic heterocycles. The zero-order valence-corrected chi connectivity index (χ0v) is 9.57. The fraction of sp³-hybridized carbons (Fsp3) is 0.364. The molecule has 0 saturated heterocycles. The standard InChI is InChI=1S/C11H12O4S/c1-16(14,15)8-4-2-3-7(5-8)9-6-10(9)11(12)13/h2-5,9-10H,6H2,1H3,(H,12,13). The number of rotatable bonds is 3. The third kappa shape index (κ3) is 2.09. The van der Waals surface area contributed by atoms with Crippen molar-refractivity contribution in [1.82, 2.24) is 0 Å². The number of carbonyl (C=O) groups is 1. The van der Waals surface area contributed by atoms with Gasteiger partial charge in [0, 0.05) is 6.26 Å². The lowest BCUT2D eigenvalue weighted by molar-refractivity contribution is -0.138. The first-order valence-corrected chi connectivity index (χ1v) is 6.81. The molecule has 0 bridgehead atoms. The highest BCUT2D eigenvalue weighted by atomic mass is 32.2. The molecule has 1 N–H and O–H groups in total. The van der Waals surface area contributed by atoms with Gasteiger partial charge in [-0.1, -0.05) is 12.1 Å². The van der Waals surface area contributed by atoms with Crippen molar-refractivity contribution in [2.24, 2.45) is 5.92 Å². The number of carboxylic acids is 1. The Balaban J connectivity index is 2.29. The number of carboxylic acid groups (broad SMARTS) is 1. The quantitative estimate of drug-likeness (QED) is 0.863. The van der Waals surface area contributed by atoms with Gasteiger partial charge in [-0.25, -0.2) is 8.42 Å². The van der Waals surface area contributed by atoms with Crippen LogP contribution in [0.2, 0.25) is 0 Å². The van der Waals surface area contributed by atoms with E-state index in [2.05, 4.69) is 0 Å². The summed E-state index contributed by atoms with van der Waals surface area (Å²) in [5.74, 6) is -1.19. The van der Waals surface area contributed by atoms with Gasteiger partial charge in [0.2, 0.25) is 0 Å². The van der Waals surface area contributed by atoms with Gasteiger partial charge in [-0.05, 0) is 30.0 Å². The van der Waals surface area contributed by atoms with Crippen molar-refractivity contribution in [2.45, 2.75) is 17.2 Å². The van der Waals surface area contributed by atoms with Crippen molar-refractivity contribution >= 4 is 15.8 Å². The van der Waals surface area contributed by atoms with E-state index in [0.717, 1.165) is 11.8 Å². The minimum Gasteiger partial charge on any atom is -0.481 e. The van der Waals surface area contributed by atoms with Gasteiger partial charge in [0.25, 0.3) is 0 Å². The smallest absolute Gasteiger partial charge is 0.307 e. The molecule has 1 fully saturated rings. The van der Waals surface area contributed by atoms with Crippen LogP contribution in [0.1, 0.15) is 17.9 Å². The van der Waals surface area contributed by atoms with E-state index < -0.39 is 15.8 Å². The van der Waals surface area contributed by atoms with E-state index in [0.29, 0.717) is 6.42 Å². The SMILES string of the molecule is CS(=O)(=O)c1cccc(C2CC2C(=O)O)c1. The van der Waals surface area contributed by atoms with Crippen LogP contribution in [-0.2, 0) is 14.6 Å². The minimum absolute atomic E-state index is 0.0285. The molecule has 4 nitrogen and oxygen atoms in total. The summed E-state index contributed by atoms with van der Waals surface area (Å²) in [7, 11) is -3.22. The molecule has 2 unspecified atom stereocenters. The Bertz CT molecular complexity index is 533. The van der Waals surface area contributed by atoms with Crippen LogP contribution in [0.5, 0.6) is 0 Å². The lowest BCUT2D eigenvalue weighted by Gasteiger charge is -2.02. The molecule has 1 aromatic rings. The molecular weight excluding hydrogens is 228 g/mol. The fourth-order valence-corrected chi connectivity index (χ4v) is 2.49. The zero-order valence-electron chi connectivity index (χ0n) is 8.75. The average molecular weight is 240 g/mol. The molecule has 86 valence electrons. The molecule has 0 heterocycles. The highest BCUT2D eigenvalue weighted by molar-refractivity contribution is 7.90. The largest absolute Gasteiger partial charge is 0.481 e. The fourth-order valence-electron chi connectivity index (χ4n) is 1.81. The number of hydrogen-bond donors (Lipinski definition) is 1. The van der Waals surface area contributed by atoms with E-state index in [1.165, 1.54) is 6.07 Å². The Morgan fingerprint density at radius 2 is 2.12 bits per heavy atom. The van der Waals surface area contributed by atoms with E-state index in [1.54, 1.807) is 18.2 Å². The van der Waals surface area contributed by atoms with Gasteiger partial charge in [0.15, 0.2) is 9.84 Å². The van der Waals surface area contributed by atoms with Gasteiger partial charge < -0.3 is 5.11 Å². The summed E-state index contributed by atoms with van der Waals surface area (Å²) in [6.45, 7) is 0. The normalized spacial score (nSPS) is 24.1. The van der Waals surface area contributed by atoms with E-state index in [9.17, 15) is 13.2 Å². The Morgan fingerprint density at radius 3 is 2.62 bits per heavy atom. The maximum absolute atomic E-state index is 11.3. The first-order chi connectivity index (χ1) is 7.39. The van der Waals surface area contributed by atoms with Crippen LogP contribution < -0.4 is 0 Å². The van der Waals surface area contributed by atoms with Crippen LogP contribution in [0.25, 0.3) is 0 Å². The Kier molecular flexibility index (Phi) is 2.50. The molecule has 2 atom stereocenters. The third-order valence-electron chi connectivity index (χ3n) is 2.82. The van der Waals surface area contributed by atoms with Crippen LogP contribution in [0, 0.1) is 5.92 Å². The van der Waals surface area contributed by atoms with Gasteiger partial charge in [0.1, 0.15) is 0 Å². The summed E-state index contributed by atoms with van der Waals surface area (Å²) in [6, 6.07) is 6.53. The third-order valence-corrected chi connectivity index (χ3v) is 3.93. The molecule has 0 amide bonds. The molecule has 1 aliphatic rings. The van der Waals surface area contributed by atoms with Crippen molar-refractivity contribution in [2.75, 3.05) is 6.26 Å². The van der Waals surface area contributed by atoms with Crippen molar-refractivity contribution in [3.05, 3.63) is 29.8 Å². The summed E-state index contributed by atoms with van der Waals surface area (Å²) in [5.41, 5.74) is 0.801. The van der Waals surface area contributed by atoms with Crippen LogP contribution >= 0.6 is 0 Å². The second-order valence-corrected chi connectivity index (χ2v) is 6.15. The van der Waals surface area contributed by atoms with Crippen LogP contribution in [0.15, 0.2) is 29.2 Å². The van der Waals surface area contributed by atoms with Crippen molar-refractivity contribution < 1.29 is 18.3 Å². The number of hydrogen-bond acceptors (Lipinski definition) is 3. The summed E-state index contributed by atoms with van der Waals surface area (Å²) in [4.78, 5) is 11.0. The average Bonchev–Trinajstić information content (AvgIpc) is 2.96. The van der Waals surface area contributed by atoms with Gasteiger partial charge in [-0.3, -0.25) is 4.79 Å². The molecule has 0 spiro atoms. The number of aliphatic carboxylic acids is 1. The Morgan fingerprint density at radius 1 is 1.44 bits per heavy atom. The monoisotopic (exact) mass is 240 g/mol. The van der Waals surface area contributed by atoms with Crippen LogP contribution in [-0.4, -0.2) is 25.7 Å². The molecule has 0 aromatic heterocycles. The molecule has 1 aromatic carbocycles.